The molecule has 144 valence electrons. The summed E-state index contributed by atoms with van der Waals surface area (Å²) in [4.78, 5) is 14.3. The third-order valence-electron chi connectivity index (χ3n) is 3.67. The van der Waals surface area contributed by atoms with Gasteiger partial charge in [-0.2, -0.15) is 0 Å². The predicted octanol–water partition coefficient (Wildman–Crippen LogP) is 3.82. The maximum Gasteiger partial charge on any atom is 0.218 e. The van der Waals surface area contributed by atoms with Crippen LogP contribution in [0, 0.1) is 13.8 Å². The molecule has 0 saturated heterocycles. The average molecular weight is 489 g/mol. The van der Waals surface area contributed by atoms with E-state index >= 15 is 0 Å². The van der Waals surface area contributed by atoms with Gasteiger partial charge in [-0.05, 0) is 26.3 Å². The molecule has 0 bridgehead atoms. The molecule has 0 unspecified atom stereocenters. The van der Waals surface area contributed by atoms with Crippen molar-refractivity contribution in [1.82, 2.24) is 20.6 Å². The summed E-state index contributed by atoms with van der Waals surface area (Å²) in [6.45, 7) is 8.21. The lowest BCUT2D eigenvalue weighted by molar-refractivity contribution is 0.294. The van der Waals surface area contributed by atoms with Gasteiger partial charge in [-0.1, -0.05) is 19.4 Å². The lowest BCUT2D eigenvalue weighted by Crippen LogP contribution is -2.36. The fraction of sp³-hybridized carbons (Fsp3) is 0.500. The Bertz CT molecular complexity index is 705. The molecule has 0 spiro atoms. The van der Waals surface area contributed by atoms with Crippen LogP contribution in [0.25, 0.3) is 0 Å². The van der Waals surface area contributed by atoms with Crippen molar-refractivity contribution in [3.05, 3.63) is 39.5 Å². The summed E-state index contributed by atoms with van der Waals surface area (Å²) in [6.07, 6.45) is 3.89. The SMILES string of the molecule is CCCCOc1ncccc1CNC(=NC)NCc1sc(C)nc1C.I. The molecule has 8 heteroatoms. The number of aliphatic imine (C=N–C) groups is 1. The highest BCUT2D eigenvalue weighted by Gasteiger charge is 2.08. The number of hydrogen-bond acceptors (Lipinski definition) is 5. The molecule has 0 aliphatic carbocycles. The van der Waals surface area contributed by atoms with Gasteiger partial charge in [-0.15, -0.1) is 35.3 Å². The highest BCUT2D eigenvalue weighted by Crippen LogP contribution is 2.17. The first-order chi connectivity index (χ1) is 12.1. The highest BCUT2D eigenvalue weighted by atomic mass is 127. The molecule has 0 aromatic carbocycles. The average Bonchev–Trinajstić information content (AvgIpc) is 2.94. The van der Waals surface area contributed by atoms with E-state index in [1.807, 2.05) is 26.0 Å². The molecule has 0 atom stereocenters. The maximum absolute atomic E-state index is 5.77. The molecule has 2 N–H and O–H groups in total. The minimum Gasteiger partial charge on any atom is -0.477 e. The van der Waals surface area contributed by atoms with Crippen molar-refractivity contribution < 1.29 is 4.74 Å². The Morgan fingerprint density at radius 2 is 2.04 bits per heavy atom. The van der Waals surface area contributed by atoms with Crippen LogP contribution in [-0.4, -0.2) is 29.6 Å². The Kier molecular flexibility index (Phi) is 10.5. The van der Waals surface area contributed by atoms with Crippen LogP contribution in [0.1, 0.15) is 40.9 Å². The minimum atomic E-state index is 0. The monoisotopic (exact) mass is 489 g/mol. The van der Waals surface area contributed by atoms with Crippen molar-refractivity contribution in [3.8, 4) is 5.88 Å². The third-order valence-corrected chi connectivity index (χ3v) is 4.75. The largest absolute Gasteiger partial charge is 0.477 e. The van der Waals surface area contributed by atoms with Gasteiger partial charge in [0.15, 0.2) is 5.96 Å². The van der Waals surface area contributed by atoms with Gasteiger partial charge in [0.05, 0.1) is 23.9 Å². The zero-order chi connectivity index (χ0) is 18.1. The number of aryl methyl sites for hydroxylation is 2. The number of aromatic nitrogens is 2. The summed E-state index contributed by atoms with van der Waals surface area (Å²) >= 11 is 1.71. The summed E-state index contributed by atoms with van der Waals surface area (Å²) in [5.74, 6) is 1.43. The fourth-order valence-corrected chi connectivity index (χ4v) is 3.18. The van der Waals surface area contributed by atoms with E-state index in [9.17, 15) is 0 Å². The molecule has 2 aromatic heterocycles. The van der Waals surface area contributed by atoms with E-state index < -0.39 is 0 Å². The molecule has 2 aromatic rings. The van der Waals surface area contributed by atoms with Gasteiger partial charge in [-0.25, -0.2) is 9.97 Å². The number of rotatable bonds is 8. The van der Waals surface area contributed by atoms with Crippen LogP contribution >= 0.6 is 35.3 Å². The van der Waals surface area contributed by atoms with Gasteiger partial charge in [0.1, 0.15) is 0 Å². The summed E-state index contributed by atoms with van der Waals surface area (Å²) in [7, 11) is 1.77. The molecule has 26 heavy (non-hydrogen) atoms. The van der Waals surface area contributed by atoms with Crippen LogP contribution < -0.4 is 15.4 Å². The molecule has 6 nitrogen and oxygen atoms in total. The third kappa shape index (κ3) is 7.06. The van der Waals surface area contributed by atoms with E-state index in [1.54, 1.807) is 24.6 Å². The number of ether oxygens (including phenoxy) is 1. The van der Waals surface area contributed by atoms with E-state index in [4.69, 9.17) is 4.74 Å². The molecule has 0 radical (unpaired) electrons. The van der Waals surface area contributed by atoms with Crippen molar-refractivity contribution in [2.75, 3.05) is 13.7 Å². The van der Waals surface area contributed by atoms with Crippen LogP contribution in [0.5, 0.6) is 5.88 Å². The van der Waals surface area contributed by atoms with Gasteiger partial charge in [0, 0.05) is 30.2 Å². The standard InChI is InChI=1S/C18H27N5OS.HI/c1-5-6-10-24-17-15(8-7-9-20-17)11-21-18(19-4)22-12-16-13(2)23-14(3)25-16;/h7-9H,5-6,10-12H2,1-4H3,(H2,19,21,22);1H. The number of thiazole rings is 1. The van der Waals surface area contributed by atoms with Crippen LogP contribution in [-0.2, 0) is 13.1 Å². The number of nitrogens with one attached hydrogen (secondary N) is 2. The number of hydrogen-bond donors (Lipinski definition) is 2. The first kappa shape index (κ1) is 22.6. The first-order valence-electron chi connectivity index (χ1n) is 8.58. The Hall–Kier alpha value is -1.42. The molecule has 0 amide bonds. The normalized spacial score (nSPS) is 11.0. The van der Waals surface area contributed by atoms with Crippen molar-refractivity contribution in [1.29, 1.82) is 0 Å². The zero-order valence-corrected chi connectivity index (χ0v) is 19.0. The van der Waals surface area contributed by atoms with E-state index in [2.05, 4.69) is 32.5 Å². The van der Waals surface area contributed by atoms with Crippen LogP contribution in [0.2, 0.25) is 0 Å². The fourth-order valence-electron chi connectivity index (χ4n) is 2.30. The topological polar surface area (TPSA) is 71.4 Å². The summed E-state index contributed by atoms with van der Waals surface area (Å²) < 4.78 is 5.77. The quantitative estimate of drug-likeness (QED) is 0.255. The number of guanidine groups is 1. The summed E-state index contributed by atoms with van der Waals surface area (Å²) in [5.41, 5.74) is 2.09. The van der Waals surface area contributed by atoms with E-state index in [0.717, 1.165) is 35.1 Å². The lowest BCUT2D eigenvalue weighted by atomic mass is 10.2. The predicted molar refractivity (Wildman–Crippen MR) is 119 cm³/mol. The first-order valence-corrected chi connectivity index (χ1v) is 9.39. The highest BCUT2D eigenvalue weighted by molar-refractivity contribution is 14.0. The molecule has 0 aliphatic rings. The van der Waals surface area contributed by atoms with Crippen LogP contribution in [0.3, 0.4) is 0 Å². The van der Waals surface area contributed by atoms with Crippen molar-refractivity contribution in [2.45, 2.75) is 46.7 Å². The number of nitrogens with zero attached hydrogens (tertiary/aromatic N) is 3. The van der Waals surface area contributed by atoms with Crippen molar-refractivity contribution >= 4 is 41.3 Å². The Morgan fingerprint density at radius 1 is 1.27 bits per heavy atom. The van der Waals surface area contributed by atoms with E-state index in [0.29, 0.717) is 25.6 Å². The Balaban J connectivity index is 0.00000338. The van der Waals surface area contributed by atoms with Gasteiger partial charge >= 0.3 is 0 Å². The van der Waals surface area contributed by atoms with E-state index in [1.165, 1.54) is 4.88 Å². The van der Waals surface area contributed by atoms with Crippen LogP contribution in [0.15, 0.2) is 23.3 Å². The van der Waals surface area contributed by atoms with Crippen LogP contribution in [0.4, 0.5) is 0 Å². The summed E-state index contributed by atoms with van der Waals surface area (Å²) in [5, 5.41) is 7.73. The zero-order valence-electron chi connectivity index (χ0n) is 15.8. The van der Waals surface area contributed by atoms with Crippen molar-refractivity contribution in [2.24, 2.45) is 4.99 Å². The molecule has 0 aliphatic heterocycles. The van der Waals surface area contributed by atoms with Gasteiger partial charge < -0.3 is 15.4 Å². The maximum atomic E-state index is 5.77. The van der Waals surface area contributed by atoms with Gasteiger partial charge in [-0.3, -0.25) is 4.99 Å². The van der Waals surface area contributed by atoms with Gasteiger partial charge in [0.25, 0.3) is 0 Å². The molecule has 0 saturated carbocycles. The molecule has 0 fully saturated rings. The Morgan fingerprint density at radius 3 is 2.69 bits per heavy atom. The van der Waals surface area contributed by atoms with Crippen molar-refractivity contribution in [3.63, 3.8) is 0 Å². The number of pyridine rings is 1. The minimum absolute atomic E-state index is 0. The Labute approximate surface area is 176 Å². The molecular weight excluding hydrogens is 461 g/mol. The second-order valence-electron chi connectivity index (χ2n) is 5.69. The number of unbranched alkanes of at least 4 members (excludes halogenated alkanes) is 1. The van der Waals surface area contributed by atoms with Gasteiger partial charge in [0.2, 0.25) is 5.88 Å². The summed E-state index contributed by atoms with van der Waals surface area (Å²) in [6, 6.07) is 3.94. The number of halogens is 1. The smallest absolute Gasteiger partial charge is 0.218 e. The van der Waals surface area contributed by atoms with E-state index in [-0.39, 0.29) is 24.0 Å². The molecule has 2 rings (SSSR count). The lowest BCUT2D eigenvalue weighted by Gasteiger charge is -2.14. The second-order valence-corrected chi connectivity index (χ2v) is 6.98. The second kappa shape index (κ2) is 12.1. The molecule has 2 heterocycles. The molecular formula is C18H28IN5OS.